The van der Waals surface area contributed by atoms with Gasteiger partial charge in [0.1, 0.15) is 0 Å². The summed E-state index contributed by atoms with van der Waals surface area (Å²) in [5, 5.41) is 18.4. The van der Waals surface area contributed by atoms with Gasteiger partial charge in [0.2, 0.25) is 0 Å². The summed E-state index contributed by atoms with van der Waals surface area (Å²) in [4.78, 5) is 20.0. The lowest BCUT2D eigenvalue weighted by molar-refractivity contribution is -0.122. The number of hydrogen-bond donors (Lipinski definition) is 3. The number of amides is 1. The number of rotatable bonds is 0. The Hall–Kier alpha value is -1.30. The van der Waals surface area contributed by atoms with Crippen molar-refractivity contribution in [3.63, 3.8) is 0 Å². The maximum atomic E-state index is 10.3. The van der Waals surface area contributed by atoms with E-state index >= 15 is 0 Å². The van der Waals surface area contributed by atoms with E-state index in [0.717, 1.165) is 13.1 Å². The highest BCUT2D eigenvalue weighted by Gasteiger charge is 2.13. The van der Waals surface area contributed by atoms with E-state index in [4.69, 9.17) is 15.0 Å². The molecule has 1 rings (SSSR count). The minimum absolute atomic E-state index is 0.250. The molecule has 6 nitrogen and oxygen atoms in total. The van der Waals surface area contributed by atoms with Crippen molar-refractivity contribution in [2.45, 2.75) is 0 Å². The molecule has 1 aliphatic heterocycles. The van der Waals surface area contributed by atoms with Crippen LogP contribution < -0.4 is 5.32 Å². The van der Waals surface area contributed by atoms with E-state index in [9.17, 15) is 4.79 Å². The Morgan fingerprint density at radius 2 is 1.83 bits per heavy atom. The molecule has 12 heavy (non-hydrogen) atoms. The Morgan fingerprint density at radius 3 is 2.08 bits per heavy atom. The Bertz CT molecular complexity index is 144. The molecule has 0 saturated carbocycles. The molecule has 1 fully saturated rings. The third-order valence-electron chi connectivity index (χ3n) is 1.39. The van der Waals surface area contributed by atoms with Gasteiger partial charge in [0.05, 0.1) is 0 Å². The maximum Gasteiger partial charge on any atom is 0.407 e. The predicted molar refractivity (Wildman–Crippen MR) is 41.2 cm³/mol. The molecule has 0 aliphatic carbocycles. The van der Waals surface area contributed by atoms with Crippen LogP contribution in [0.1, 0.15) is 0 Å². The van der Waals surface area contributed by atoms with Gasteiger partial charge in [-0.15, -0.1) is 0 Å². The fourth-order valence-electron chi connectivity index (χ4n) is 0.856. The quantitative estimate of drug-likeness (QED) is 0.423. The molecule has 0 aromatic carbocycles. The number of piperazine rings is 1. The molecule has 0 radical (unpaired) electrons. The van der Waals surface area contributed by atoms with Gasteiger partial charge >= 0.3 is 6.09 Å². The molecular weight excluding hydrogens is 164 g/mol. The monoisotopic (exact) mass is 176 g/mol. The zero-order valence-corrected chi connectivity index (χ0v) is 6.56. The number of carboxylic acid groups (broad SMARTS) is 2. The summed E-state index contributed by atoms with van der Waals surface area (Å²) >= 11 is 0. The first-order valence-electron chi connectivity index (χ1n) is 3.48. The maximum absolute atomic E-state index is 10.3. The van der Waals surface area contributed by atoms with Gasteiger partial charge in [0.15, 0.2) is 0 Å². The van der Waals surface area contributed by atoms with E-state index in [1.165, 1.54) is 4.90 Å². The number of nitrogens with zero attached hydrogens (tertiary/aromatic N) is 1. The van der Waals surface area contributed by atoms with Crippen molar-refractivity contribution in [3.05, 3.63) is 0 Å². The van der Waals surface area contributed by atoms with Crippen LogP contribution in [0.3, 0.4) is 0 Å². The van der Waals surface area contributed by atoms with Crippen molar-refractivity contribution in [2.75, 3.05) is 26.2 Å². The topological polar surface area (TPSA) is 89.9 Å². The van der Waals surface area contributed by atoms with E-state index in [0.29, 0.717) is 13.1 Å². The summed E-state index contributed by atoms with van der Waals surface area (Å²) in [7, 11) is 0. The predicted octanol–water partition coefficient (Wildman–Crippen LogP) is -0.730. The van der Waals surface area contributed by atoms with Crippen LogP contribution in [0.15, 0.2) is 0 Å². The van der Waals surface area contributed by atoms with E-state index in [-0.39, 0.29) is 6.47 Å². The second kappa shape index (κ2) is 6.41. The van der Waals surface area contributed by atoms with Crippen LogP contribution in [0, 0.1) is 0 Å². The minimum Gasteiger partial charge on any atom is -0.483 e. The van der Waals surface area contributed by atoms with Crippen LogP contribution in [0.2, 0.25) is 0 Å². The van der Waals surface area contributed by atoms with Gasteiger partial charge in [0, 0.05) is 26.2 Å². The number of nitrogens with one attached hydrogen (secondary N) is 1. The summed E-state index contributed by atoms with van der Waals surface area (Å²) in [5.41, 5.74) is 0. The summed E-state index contributed by atoms with van der Waals surface area (Å²) in [6.07, 6.45) is -0.809. The zero-order chi connectivity index (χ0) is 9.40. The van der Waals surface area contributed by atoms with Gasteiger partial charge in [-0.25, -0.2) is 4.79 Å². The SMILES string of the molecule is O=C(O)N1CCNCC1.O=CO. The normalized spacial score (nSPS) is 15.8. The van der Waals surface area contributed by atoms with Crippen LogP contribution in [-0.2, 0) is 4.79 Å². The fraction of sp³-hybridized carbons (Fsp3) is 0.667. The van der Waals surface area contributed by atoms with Crippen LogP contribution in [-0.4, -0.2) is 53.9 Å². The van der Waals surface area contributed by atoms with Crippen molar-refractivity contribution in [2.24, 2.45) is 0 Å². The van der Waals surface area contributed by atoms with Crippen LogP contribution in [0.5, 0.6) is 0 Å². The molecule has 6 heteroatoms. The van der Waals surface area contributed by atoms with Crippen molar-refractivity contribution >= 4 is 12.6 Å². The molecular formula is C6H12N2O4. The smallest absolute Gasteiger partial charge is 0.407 e. The van der Waals surface area contributed by atoms with Gasteiger partial charge in [0.25, 0.3) is 6.47 Å². The Kier molecular flexibility index (Phi) is 5.72. The molecule has 1 saturated heterocycles. The molecule has 0 unspecified atom stereocenters. The molecule has 1 aliphatic rings. The van der Waals surface area contributed by atoms with Crippen molar-refractivity contribution < 1.29 is 19.8 Å². The van der Waals surface area contributed by atoms with Gasteiger partial charge < -0.3 is 20.4 Å². The van der Waals surface area contributed by atoms with Crippen LogP contribution in [0.25, 0.3) is 0 Å². The molecule has 3 N–H and O–H groups in total. The number of hydrogen-bond acceptors (Lipinski definition) is 3. The Morgan fingerprint density at radius 1 is 1.42 bits per heavy atom. The summed E-state index contributed by atoms with van der Waals surface area (Å²) in [6, 6.07) is 0. The van der Waals surface area contributed by atoms with Crippen molar-refractivity contribution in [1.82, 2.24) is 10.2 Å². The average molecular weight is 176 g/mol. The summed E-state index contributed by atoms with van der Waals surface area (Å²) < 4.78 is 0. The third kappa shape index (κ3) is 4.51. The second-order valence-electron chi connectivity index (χ2n) is 2.13. The van der Waals surface area contributed by atoms with E-state index in [1.807, 2.05) is 0 Å². The highest BCUT2D eigenvalue weighted by atomic mass is 16.4. The van der Waals surface area contributed by atoms with Gasteiger partial charge in [-0.3, -0.25) is 4.79 Å². The van der Waals surface area contributed by atoms with E-state index < -0.39 is 6.09 Å². The minimum atomic E-state index is -0.809. The molecule has 0 spiro atoms. The summed E-state index contributed by atoms with van der Waals surface area (Å²) in [6.45, 7) is 2.56. The lowest BCUT2D eigenvalue weighted by Gasteiger charge is -2.23. The van der Waals surface area contributed by atoms with Crippen LogP contribution >= 0.6 is 0 Å². The first-order valence-corrected chi connectivity index (χ1v) is 3.48. The number of carbonyl (C=O) groups is 2. The second-order valence-corrected chi connectivity index (χ2v) is 2.13. The van der Waals surface area contributed by atoms with E-state index in [1.54, 1.807) is 0 Å². The lowest BCUT2D eigenvalue weighted by Crippen LogP contribution is -2.45. The largest absolute Gasteiger partial charge is 0.483 e. The molecule has 0 aromatic rings. The van der Waals surface area contributed by atoms with Gasteiger partial charge in [-0.05, 0) is 0 Å². The fourth-order valence-corrected chi connectivity index (χ4v) is 0.856. The first-order chi connectivity index (χ1) is 5.72. The molecule has 1 amide bonds. The average Bonchev–Trinajstić information content (AvgIpc) is 2.07. The van der Waals surface area contributed by atoms with Crippen molar-refractivity contribution in [1.29, 1.82) is 0 Å². The first kappa shape index (κ1) is 10.7. The molecule has 0 bridgehead atoms. The molecule has 0 aromatic heterocycles. The third-order valence-corrected chi connectivity index (χ3v) is 1.39. The Balaban J connectivity index is 0.000000354. The Labute approximate surface area is 69.8 Å². The van der Waals surface area contributed by atoms with Gasteiger partial charge in [-0.2, -0.15) is 0 Å². The molecule has 70 valence electrons. The highest BCUT2D eigenvalue weighted by molar-refractivity contribution is 5.65. The highest BCUT2D eigenvalue weighted by Crippen LogP contribution is 1.90. The van der Waals surface area contributed by atoms with Crippen molar-refractivity contribution in [3.8, 4) is 0 Å². The zero-order valence-electron chi connectivity index (χ0n) is 6.56. The van der Waals surface area contributed by atoms with Gasteiger partial charge in [-0.1, -0.05) is 0 Å². The summed E-state index contributed by atoms with van der Waals surface area (Å²) in [5.74, 6) is 0. The molecule has 1 heterocycles. The van der Waals surface area contributed by atoms with E-state index in [2.05, 4.69) is 5.32 Å². The van der Waals surface area contributed by atoms with Crippen LogP contribution in [0.4, 0.5) is 4.79 Å². The standard InChI is InChI=1S/C5H10N2O2.CH2O2/c8-5(9)7-3-1-6-2-4-7;2-1-3/h6H,1-4H2,(H,8,9);1H,(H,2,3). The lowest BCUT2D eigenvalue weighted by atomic mass is 10.4. The molecule has 0 atom stereocenters.